The lowest BCUT2D eigenvalue weighted by atomic mass is 10.2. The second kappa shape index (κ2) is 4.85. The Morgan fingerprint density at radius 2 is 2.18 bits per heavy atom. The molecule has 0 bridgehead atoms. The van der Waals surface area contributed by atoms with E-state index in [-0.39, 0.29) is 24.5 Å². The van der Waals surface area contributed by atoms with Gasteiger partial charge >= 0.3 is 0 Å². The number of aromatic amines is 1. The minimum atomic E-state index is -3.14. The van der Waals surface area contributed by atoms with E-state index in [4.69, 9.17) is 5.11 Å². The maximum Gasteiger partial charge on any atom is 0.154 e. The molecule has 1 heterocycles. The lowest BCUT2D eigenvalue weighted by molar-refractivity contribution is 0.295. The van der Waals surface area contributed by atoms with Crippen molar-refractivity contribution >= 4 is 20.9 Å². The first kappa shape index (κ1) is 12.1. The Hall–Kier alpha value is -1.40. The second-order valence-corrected chi connectivity index (χ2v) is 6.11. The predicted molar refractivity (Wildman–Crippen MR) is 65.3 cm³/mol. The van der Waals surface area contributed by atoms with Crippen molar-refractivity contribution in [3.05, 3.63) is 30.1 Å². The predicted octanol–water partition coefficient (Wildman–Crippen LogP) is 0.860. The Bertz CT molecular complexity index is 604. The number of nitrogens with one attached hydrogen (secondary N) is 1. The van der Waals surface area contributed by atoms with Gasteiger partial charge in [-0.1, -0.05) is 6.07 Å². The van der Waals surface area contributed by atoms with Crippen LogP contribution in [0.5, 0.6) is 0 Å². The first-order valence-electron chi connectivity index (χ1n) is 5.34. The molecule has 92 valence electrons. The molecule has 0 amide bonds. The van der Waals surface area contributed by atoms with E-state index in [2.05, 4.69) is 9.97 Å². The number of fused-ring (bicyclic) bond motifs is 1. The van der Waals surface area contributed by atoms with Crippen molar-refractivity contribution in [2.75, 3.05) is 12.4 Å². The van der Waals surface area contributed by atoms with Crippen molar-refractivity contribution in [1.29, 1.82) is 0 Å². The molecule has 0 aliphatic carbocycles. The van der Waals surface area contributed by atoms with Crippen LogP contribution in [0.1, 0.15) is 12.0 Å². The first-order chi connectivity index (χ1) is 8.11. The maximum absolute atomic E-state index is 11.7. The third-order valence-electron chi connectivity index (χ3n) is 2.48. The summed E-state index contributed by atoms with van der Waals surface area (Å²) in [5, 5.41) is 8.63. The summed E-state index contributed by atoms with van der Waals surface area (Å²) >= 11 is 0. The van der Waals surface area contributed by atoms with Crippen LogP contribution in [0.2, 0.25) is 0 Å². The van der Waals surface area contributed by atoms with Gasteiger partial charge in [-0.15, -0.1) is 0 Å². The third kappa shape index (κ3) is 3.04. The van der Waals surface area contributed by atoms with Crippen LogP contribution >= 0.6 is 0 Å². The zero-order valence-electron chi connectivity index (χ0n) is 9.26. The van der Waals surface area contributed by atoms with Gasteiger partial charge in [0.25, 0.3) is 0 Å². The summed E-state index contributed by atoms with van der Waals surface area (Å²) in [5.41, 5.74) is 2.39. The average Bonchev–Trinajstić information content (AvgIpc) is 2.73. The summed E-state index contributed by atoms with van der Waals surface area (Å²) in [6, 6.07) is 5.35. The van der Waals surface area contributed by atoms with Crippen molar-refractivity contribution in [1.82, 2.24) is 9.97 Å². The van der Waals surface area contributed by atoms with Crippen LogP contribution in [0.15, 0.2) is 24.5 Å². The summed E-state index contributed by atoms with van der Waals surface area (Å²) in [6.07, 6.45) is 1.86. The van der Waals surface area contributed by atoms with E-state index in [1.807, 2.05) is 0 Å². The highest BCUT2D eigenvalue weighted by Crippen LogP contribution is 2.14. The van der Waals surface area contributed by atoms with Crippen LogP contribution in [-0.2, 0) is 15.6 Å². The molecule has 6 heteroatoms. The van der Waals surface area contributed by atoms with E-state index in [0.717, 1.165) is 16.6 Å². The van der Waals surface area contributed by atoms with Gasteiger partial charge in [0.2, 0.25) is 0 Å². The van der Waals surface area contributed by atoms with E-state index >= 15 is 0 Å². The molecule has 5 nitrogen and oxygen atoms in total. The zero-order chi connectivity index (χ0) is 12.3. The van der Waals surface area contributed by atoms with Gasteiger partial charge in [0.05, 0.1) is 28.9 Å². The summed E-state index contributed by atoms with van der Waals surface area (Å²) < 4.78 is 23.4. The zero-order valence-corrected chi connectivity index (χ0v) is 10.1. The van der Waals surface area contributed by atoms with Crippen LogP contribution in [0.25, 0.3) is 11.0 Å². The fourth-order valence-electron chi connectivity index (χ4n) is 1.68. The minimum absolute atomic E-state index is 0.00194. The standard InChI is InChI=1S/C11H14N2O3S/c14-4-1-5-17(15,16)7-9-2-3-10-11(6-9)13-8-12-10/h2-3,6,8,14H,1,4-5,7H2,(H,12,13). The Kier molecular flexibility index (Phi) is 3.44. The monoisotopic (exact) mass is 254 g/mol. The molecular formula is C11H14N2O3S. The molecular weight excluding hydrogens is 240 g/mol. The molecule has 1 aromatic carbocycles. The number of sulfone groups is 1. The number of H-pyrrole nitrogens is 1. The van der Waals surface area contributed by atoms with Crippen LogP contribution in [-0.4, -0.2) is 35.9 Å². The molecule has 0 unspecified atom stereocenters. The van der Waals surface area contributed by atoms with Gasteiger partial charge in [0.1, 0.15) is 0 Å². The Balaban J connectivity index is 2.17. The van der Waals surface area contributed by atoms with Gasteiger partial charge in [-0.3, -0.25) is 0 Å². The number of nitrogens with zero attached hydrogens (tertiary/aromatic N) is 1. The largest absolute Gasteiger partial charge is 0.396 e. The topological polar surface area (TPSA) is 83.1 Å². The van der Waals surface area contributed by atoms with Crippen LogP contribution in [0.3, 0.4) is 0 Å². The fraction of sp³-hybridized carbons (Fsp3) is 0.364. The summed E-state index contributed by atoms with van der Waals surface area (Å²) in [5.74, 6) is 0.0203. The van der Waals surface area contributed by atoms with Gasteiger partial charge in [0.15, 0.2) is 9.84 Å². The van der Waals surface area contributed by atoms with Crippen molar-refractivity contribution in [3.8, 4) is 0 Å². The number of hydrogen-bond donors (Lipinski definition) is 2. The van der Waals surface area contributed by atoms with Crippen LogP contribution in [0.4, 0.5) is 0 Å². The molecule has 0 radical (unpaired) electrons. The number of aliphatic hydroxyl groups is 1. The molecule has 17 heavy (non-hydrogen) atoms. The van der Waals surface area contributed by atoms with E-state index in [9.17, 15) is 8.42 Å². The average molecular weight is 254 g/mol. The molecule has 0 fully saturated rings. The summed E-state index contributed by atoms with van der Waals surface area (Å²) in [4.78, 5) is 7.01. The number of aromatic nitrogens is 2. The van der Waals surface area contributed by atoms with Crippen molar-refractivity contribution < 1.29 is 13.5 Å². The Morgan fingerprint density at radius 1 is 1.35 bits per heavy atom. The van der Waals surface area contributed by atoms with Gasteiger partial charge in [-0.2, -0.15) is 0 Å². The molecule has 0 aliphatic heterocycles. The molecule has 0 atom stereocenters. The quantitative estimate of drug-likeness (QED) is 0.829. The van der Waals surface area contributed by atoms with E-state index < -0.39 is 9.84 Å². The molecule has 0 aliphatic rings. The highest BCUT2D eigenvalue weighted by Gasteiger charge is 2.12. The summed E-state index contributed by atoms with van der Waals surface area (Å²) in [6.45, 7) is -0.0984. The third-order valence-corrected chi connectivity index (χ3v) is 4.17. The van der Waals surface area contributed by atoms with E-state index in [1.165, 1.54) is 0 Å². The number of hydrogen-bond acceptors (Lipinski definition) is 4. The lowest BCUT2D eigenvalue weighted by Crippen LogP contribution is -2.10. The second-order valence-electron chi connectivity index (χ2n) is 3.92. The number of benzene rings is 1. The van der Waals surface area contributed by atoms with Gasteiger partial charge in [0, 0.05) is 6.61 Å². The fourth-order valence-corrected chi connectivity index (χ4v) is 3.08. The highest BCUT2D eigenvalue weighted by atomic mass is 32.2. The van der Waals surface area contributed by atoms with E-state index in [1.54, 1.807) is 24.5 Å². The minimum Gasteiger partial charge on any atom is -0.396 e. The number of rotatable bonds is 5. The lowest BCUT2D eigenvalue weighted by Gasteiger charge is -2.03. The van der Waals surface area contributed by atoms with Crippen LogP contribution in [0, 0.1) is 0 Å². The molecule has 2 rings (SSSR count). The number of imidazole rings is 1. The van der Waals surface area contributed by atoms with Gasteiger partial charge < -0.3 is 10.1 Å². The molecule has 0 spiro atoms. The van der Waals surface area contributed by atoms with Crippen molar-refractivity contribution in [3.63, 3.8) is 0 Å². The van der Waals surface area contributed by atoms with Gasteiger partial charge in [-0.05, 0) is 24.1 Å². The first-order valence-corrected chi connectivity index (χ1v) is 7.16. The Morgan fingerprint density at radius 3 is 2.94 bits per heavy atom. The Labute approximate surface area is 99.4 Å². The molecule has 2 N–H and O–H groups in total. The molecule has 2 aromatic rings. The molecule has 1 aromatic heterocycles. The summed E-state index contributed by atoms with van der Waals surface area (Å²) in [7, 11) is -3.14. The smallest absolute Gasteiger partial charge is 0.154 e. The SMILES string of the molecule is O=S(=O)(CCCO)Cc1ccc2nc[nH]c2c1. The van der Waals surface area contributed by atoms with Crippen LogP contribution < -0.4 is 0 Å². The van der Waals surface area contributed by atoms with Crippen molar-refractivity contribution in [2.24, 2.45) is 0 Å². The number of aliphatic hydroxyl groups excluding tert-OH is 1. The van der Waals surface area contributed by atoms with Gasteiger partial charge in [-0.25, -0.2) is 13.4 Å². The van der Waals surface area contributed by atoms with Crippen molar-refractivity contribution in [2.45, 2.75) is 12.2 Å². The van der Waals surface area contributed by atoms with E-state index in [0.29, 0.717) is 0 Å². The maximum atomic E-state index is 11.7. The molecule has 0 saturated heterocycles. The molecule has 0 saturated carbocycles. The normalized spacial score (nSPS) is 12.1. The highest BCUT2D eigenvalue weighted by molar-refractivity contribution is 7.90.